The standard InChI is InChI=1S/C15H9F19O2/c1-5(2)6(35)36-4-3-7(16,17)8(18,19)9(20,21)10(22,23)11(24,25)12(26,27)13(28,29)14(30,31)15(32,33)34/h1,3-4H2,2H3. The third-order valence-electron chi connectivity index (χ3n) is 4.18. The zero-order valence-corrected chi connectivity index (χ0v) is 16.6. The molecule has 0 aromatic rings. The van der Waals surface area contributed by atoms with Gasteiger partial charge in [0, 0.05) is 5.57 Å². The summed E-state index contributed by atoms with van der Waals surface area (Å²) in [5, 5.41) is 0. The molecule has 0 spiro atoms. The van der Waals surface area contributed by atoms with Crippen molar-refractivity contribution < 1.29 is 92.9 Å². The molecule has 0 bridgehead atoms. The topological polar surface area (TPSA) is 26.3 Å². The maximum atomic E-state index is 13.6. The van der Waals surface area contributed by atoms with Gasteiger partial charge in [0.1, 0.15) is 0 Å². The van der Waals surface area contributed by atoms with Gasteiger partial charge in [0.2, 0.25) is 0 Å². The summed E-state index contributed by atoms with van der Waals surface area (Å²) in [5.41, 5.74) is -0.639. The molecular formula is C15H9F19O2. The highest BCUT2D eigenvalue weighted by Crippen LogP contribution is 2.65. The Morgan fingerprint density at radius 2 is 0.833 bits per heavy atom. The summed E-state index contributed by atoms with van der Waals surface area (Å²) in [4.78, 5) is 10.9. The van der Waals surface area contributed by atoms with Gasteiger partial charge in [-0.15, -0.1) is 0 Å². The van der Waals surface area contributed by atoms with Crippen molar-refractivity contribution in [3.05, 3.63) is 12.2 Å². The lowest BCUT2D eigenvalue weighted by Crippen LogP contribution is -2.75. The maximum Gasteiger partial charge on any atom is 0.460 e. The SMILES string of the molecule is C=C(C)C(=O)OCCC(F)(F)C(F)(F)C(F)(F)C(F)(F)C(F)(F)C(F)(F)C(F)(F)C(F)(F)C(F)(F)F. The monoisotopic (exact) mass is 582 g/mol. The quantitative estimate of drug-likeness (QED) is 0.147. The van der Waals surface area contributed by atoms with Gasteiger partial charge >= 0.3 is 59.5 Å². The number of hydrogen-bond donors (Lipinski definition) is 0. The molecule has 36 heavy (non-hydrogen) atoms. The van der Waals surface area contributed by atoms with Crippen molar-refractivity contribution in [2.24, 2.45) is 0 Å². The molecule has 0 rings (SSSR count). The predicted molar refractivity (Wildman–Crippen MR) is 76.0 cm³/mol. The Morgan fingerprint density at radius 1 is 0.556 bits per heavy atom. The van der Waals surface area contributed by atoms with E-state index in [9.17, 15) is 88.2 Å². The smallest absolute Gasteiger partial charge is 0.460 e. The van der Waals surface area contributed by atoms with Gasteiger partial charge < -0.3 is 4.74 Å². The zero-order chi connectivity index (χ0) is 29.8. The van der Waals surface area contributed by atoms with Crippen LogP contribution in [0.2, 0.25) is 0 Å². The van der Waals surface area contributed by atoms with E-state index < -0.39 is 78.1 Å². The van der Waals surface area contributed by atoms with Gasteiger partial charge in [-0.2, -0.15) is 83.4 Å². The Balaban J connectivity index is 6.59. The van der Waals surface area contributed by atoms with Crippen LogP contribution in [0.3, 0.4) is 0 Å². The van der Waals surface area contributed by atoms with Crippen molar-refractivity contribution in [3.63, 3.8) is 0 Å². The van der Waals surface area contributed by atoms with Gasteiger partial charge in [0.05, 0.1) is 13.0 Å². The molecule has 0 aromatic carbocycles. The first kappa shape index (κ1) is 33.9. The molecule has 0 aromatic heterocycles. The molecule has 0 saturated heterocycles. The lowest BCUT2D eigenvalue weighted by molar-refractivity contribution is -0.468. The van der Waals surface area contributed by atoms with Crippen molar-refractivity contribution in [1.29, 1.82) is 0 Å². The first-order chi connectivity index (χ1) is 15.3. The third kappa shape index (κ3) is 4.65. The van der Waals surface area contributed by atoms with Crippen LogP contribution in [0.5, 0.6) is 0 Å². The zero-order valence-electron chi connectivity index (χ0n) is 16.6. The fourth-order valence-corrected chi connectivity index (χ4v) is 1.95. The van der Waals surface area contributed by atoms with Crippen molar-refractivity contribution in [2.75, 3.05) is 6.61 Å². The van der Waals surface area contributed by atoms with E-state index in [0.29, 0.717) is 0 Å². The second kappa shape index (κ2) is 9.02. The molecule has 0 N–H and O–H groups in total. The second-order valence-corrected chi connectivity index (χ2v) is 6.89. The Labute approximate surface area is 186 Å². The highest BCUT2D eigenvalue weighted by Gasteiger charge is 2.96. The van der Waals surface area contributed by atoms with Crippen LogP contribution in [-0.2, 0) is 9.53 Å². The average molecular weight is 582 g/mol. The number of carbonyl (C=O) groups is 1. The van der Waals surface area contributed by atoms with E-state index in [1.165, 1.54) is 0 Å². The van der Waals surface area contributed by atoms with Crippen LogP contribution in [0.25, 0.3) is 0 Å². The molecule has 0 unspecified atom stereocenters. The molecule has 0 aliphatic carbocycles. The Kier molecular flexibility index (Phi) is 8.49. The van der Waals surface area contributed by atoms with Crippen LogP contribution in [0, 0.1) is 0 Å². The van der Waals surface area contributed by atoms with E-state index in [4.69, 9.17) is 0 Å². The van der Waals surface area contributed by atoms with Gasteiger partial charge in [-0.05, 0) is 6.92 Å². The van der Waals surface area contributed by atoms with E-state index in [0.717, 1.165) is 6.92 Å². The largest absolute Gasteiger partial charge is 0.462 e. The summed E-state index contributed by atoms with van der Waals surface area (Å²) in [6.07, 6.45) is -10.9. The van der Waals surface area contributed by atoms with Gasteiger partial charge in [-0.3, -0.25) is 0 Å². The van der Waals surface area contributed by atoms with E-state index in [1.807, 2.05) is 0 Å². The minimum atomic E-state index is -8.96. The molecular weight excluding hydrogens is 573 g/mol. The molecule has 2 nitrogen and oxygen atoms in total. The number of rotatable bonds is 11. The minimum absolute atomic E-state index is 0.639. The summed E-state index contributed by atoms with van der Waals surface area (Å²) < 4.78 is 253. The normalized spacial score (nSPS) is 15.7. The fourth-order valence-electron chi connectivity index (χ4n) is 1.95. The molecule has 0 atom stereocenters. The van der Waals surface area contributed by atoms with Crippen LogP contribution in [0.4, 0.5) is 83.4 Å². The lowest BCUT2D eigenvalue weighted by atomic mass is 9.87. The Bertz CT molecular complexity index is 838. The number of esters is 1. The van der Waals surface area contributed by atoms with Crippen LogP contribution in [0.1, 0.15) is 13.3 Å². The Hall–Kier alpha value is -2.12. The third-order valence-corrected chi connectivity index (χ3v) is 4.18. The lowest BCUT2D eigenvalue weighted by Gasteiger charge is -2.43. The molecule has 21 heteroatoms. The number of hydrogen-bond acceptors (Lipinski definition) is 2. The van der Waals surface area contributed by atoms with E-state index in [2.05, 4.69) is 11.3 Å². The van der Waals surface area contributed by atoms with Gasteiger partial charge in [0.25, 0.3) is 0 Å². The summed E-state index contributed by atoms with van der Waals surface area (Å²) >= 11 is 0. The Morgan fingerprint density at radius 3 is 1.11 bits per heavy atom. The van der Waals surface area contributed by atoms with E-state index in [-0.39, 0.29) is 0 Å². The summed E-state index contributed by atoms with van der Waals surface area (Å²) in [6.45, 7) is 1.56. The number of halogens is 19. The van der Waals surface area contributed by atoms with E-state index >= 15 is 0 Å². The summed E-state index contributed by atoms with van der Waals surface area (Å²) in [6, 6.07) is 0. The van der Waals surface area contributed by atoms with Crippen molar-refractivity contribution in [3.8, 4) is 0 Å². The van der Waals surface area contributed by atoms with Gasteiger partial charge in [-0.25, -0.2) is 4.79 Å². The van der Waals surface area contributed by atoms with Crippen LogP contribution < -0.4 is 0 Å². The number of ether oxygens (including phenoxy) is 1. The first-order valence-electron chi connectivity index (χ1n) is 8.24. The summed E-state index contributed by atoms with van der Waals surface area (Å²) in [7, 11) is 0. The molecule has 0 aliphatic heterocycles. The first-order valence-corrected chi connectivity index (χ1v) is 8.24. The molecule has 0 radical (unpaired) electrons. The van der Waals surface area contributed by atoms with Gasteiger partial charge in [0.15, 0.2) is 0 Å². The van der Waals surface area contributed by atoms with Crippen LogP contribution in [0.15, 0.2) is 12.2 Å². The van der Waals surface area contributed by atoms with Crippen LogP contribution >= 0.6 is 0 Å². The minimum Gasteiger partial charge on any atom is -0.462 e. The molecule has 214 valence electrons. The van der Waals surface area contributed by atoms with Crippen molar-refractivity contribution in [1.82, 2.24) is 0 Å². The molecule has 0 fully saturated rings. The molecule has 0 aliphatic rings. The number of carbonyl (C=O) groups excluding carboxylic acids is 1. The van der Waals surface area contributed by atoms with Crippen molar-refractivity contribution >= 4 is 5.97 Å². The maximum absolute atomic E-state index is 13.6. The second-order valence-electron chi connectivity index (χ2n) is 6.89. The van der Waals surface area contributed by atoms with Crippen molar-refractivity contribution in [2.45, 2.75) is 66.9 Å². The van der Waals surface area contributed by atoms with E-state index in [1.54, 1.807) is 0 Å². The highest BCUT2D eigenvalue weighted by molar-refractivity contribution is 5.86. The molecule has 0 amide bonds. The number of alkyl halides is 19. The summed E-state index contributed by atoms with van der Waals surface area (Å²) in [5.74, 6) is -68.7. The molecule has 0 heterocycles. The molecule has 0 saturated carbocycles. The average Bonchev–Trinajstić information content (AvgIpc) is 2.65. The van der Waals surface area contributed by atoms with Gasteiger partial charge in [-0.1, -0.05) is 6.58 Å². The highest BCUT2D eigenvalue weighted by atomic mass is 19.4. The predicted octanol–water partition coefficient (Wildman–Crippen LogP) is 7.14. The fraction of sp³-hybridized carbons (Fsp3) is 0.800. The van der Waals surface area contributed by atoms with Crippen LogP contribution in [-0.4, -0.2) is 66.1 Å².